The quantitative estimate of drug-likeness (QED) is 0.817. The first kappa shape index (κ1) is 21.1. The third kappa shape index (κ3) is 4.68. The molecule has 0 aromatic carbocycles. The van der Waals surface area contributed by atoms with Crippen LogP contribution in [0.5, 0.6) is 0 Å². The molecule has 1 aromatic rings. The van der Waals surface area contributed by atoms with E-state index in [-0.39, 0.29) is 12.6 Å². The summed E-state index contributed by atoms with van der Waals surface area (Å²) in [6.07, 6.45) is 7.78. The second-order valence-electron chi connectivity index (χ2n) is 7.92. The van der Waals surface area contributed by atoms with Crippen LogP contribution in [0.2, 0.25) is 0 Å². The van der Waals surface area contributed by atoms with Gasteiger partial charge in [0.05, 0.1) is 12.1 Å². The number of nitrogens with zero attached hydrogens (tertiary/aromatic N) is 5. The molecular weight excluding hydrogens is 366 g/mol. The Morgan fingerprint density at radius 2 is 1.79 bits per heavy atom. The van der Waals surface area contributed by atoms with Crippen LogP contribution in [0, 0.1) is 22.7 Å². The fourth-order valence-corrected chi connectivity index (χ4v) is 4.66. The number of carbonyl (C=O) groups is 1. The first-order valence-corrected chi connectivity index (χ1v) is 10.7. The Morgan fingerprint density at radius 1 is 1.14 bits per heavy atom. The molecule has 1 saturated heterocycles. The molecule has 1 fully saturated rings. The third-order valence-corrected chi connectivity index (χ3v) is 6.20. The molecule has 0 unspecified atom stereocenters. The van der Waals surface area contributed by atoms with Gasteiger partial charge >= 0.3 is 5.97 Å². The topological polar surface area (TPSA) is 104 Å². The molecule has 1 aromatic heterocycles. The van der Waals surface area contributed by atoms with E-state index >= 15 is 0 Å². The molecule has 0 amide bonds. The van der Waals surface area contributed by atoms with E-state index in [0.29, 0.717) is 36.6 Å². The smallest absolute Gasteiger partial charge is 0.317 e. The fourth-order valence-electron chi connectivity index (χ4n) is 4.66. The first-order valence-electron chi connectivity index (χ1n) is 10.7. The number of anilines is 1. The number of hydrogen-bond acceptors (Lipinski definition) is 6. The SMILES string of the molecule is CCN(CC(=O)O)C1CCN(c2nc3c(c(C#N)c2C#N)CCCCCC3)CC1. The Bertz CT molecular complexity index is 831. The zero-order chi connectivity index (χ0) is 20.8. The normalized spacial score (nSPS) is 17.7. The third-order valence-electron chi connectivity index (χ3n) is 6.20. The van der Waals surface area contributed by atoms with Gasteiger partial charge in [0.25, 0.3) is 0 Å². The van der Waals surface area contributed by atoms with Crippen molar-refractivity contribution in [2.24, 2.45) is 0 Å². The zero-order valence-corrected chi connectivity index (χ0v) is 17.2. The second-order valence-corrected chi connectivity index (χ2v) is 7.92. The minimum absolute atomic E-state index is 0.0558. The molecule has 1 N–H and O–H groups in total. The summed E-state index contributed by atoms with van der Waals surface area (Å²) in [4.78, 5) is 20.1. The molecule has 0 spiro atoms. The summed E-state index contributed by atoms with van der Waals surface area (Å²) < 4.78 is 0. The van der Waals surface area contributed by atoms with Gasteiger partial charge in [-0.15, -0.1) is 0 Å². The van der Waals surface area contributed by atoms with E-state index in [1.54, 1.807) is 0 Å². The molecule has 0 radical (unpaired) electrons. The van der Waals surface area contributed by atoms with Crippen molar-refractivity contribution in [2.75, 3.05) is 31.1 Å². The number of nitriles is 2. The molecule has 3 rings (SSSR count). The summed E-state index contributed by atoms with van der Waals surface area (Å²) in [5.41, 5.74) is 2.88. The molecule has 7 heteroatoms. The molecule has 0 saturated carbocycles. The van der Waals surface area contributed by atoms with Crippen LogP contribution >= 0.6 is 0 Å². The van der Waals surface area contributed by atoms with Crippen LogP contribution in [0.25, 0.3) is 0 Å². The van der Waals surface area contributed by atoms with E-state index in [9.17, 15) is 15.3 Å². The van der Waals surface area contributed by atoms with Crippen LogP contribution in [0.3, 0.4) is 0 Å². The standard InChI is InChI=1S/C22H29N5O2/c1-2-26(15-21(28)29)16-9-11-27(12-10-16)22-19(14-24)18(13-23)17-7-5-3-4-6-8-20(17)25-22/h16H,2-12,15H2,1H3,(H,28,29). The molecule has 2 heterocycles. The van der Waals surface area contributed by atoms with Crippen LogP contribution in [0.1, 0.15) is 67.8 Å². The number of piperidine rings is 1. The number of carboxylic acid groups (broad SMARTS) is 1. The second kappa shape index (κ2) is 9.71. The first-order chi connectivity index (χ1) is 14.1. The maximum Gasteiger partial charge on any atom is 0.317 e. The lowest BCUT2D eigenvalue weighted by Crippen LogP contribution is -2.47. The van der Waals surface area contributed by atoms with Crippen molar-refractivity contribution in [3.05, 3.63) is 22.4 Å². The lowest BCUT2D eigenvalue weighted by molar-refractivity contribution is -0.139. The van der Waals surface area contributed by atoms with Gasteiger partial charge in [-0.05, 0) is 50.6 Å². The highest BCUT2D eigenvalue weighted by Gasteiger charge is 2.29. The van der Waals surface area contributed by atoms with Crippen molar-refractivity contribution in [1.82, 2.24) is 9.88 Å². The van der Waals surface area contributed by atoms with Gasteiger partial charge < -0.3 is 10.0 Å². The summed E-state index contributed by atoms with van der Waals surface area (Å²) in [6, 6.07) is 4.77. The minimum atomic E-state index is -0.803. The maximum absolute atomic E-state index is 11.1. The van der Waals surface area contributed by atoms with Crippen molar-refractivity contribution < 1.29 is 9.90 Å². The number of fused-ring (bicyclic) bond motifs is 1. The molecule has 1 aliphatic heterocycles. The molecule has 0 bridgehead atoms. The van der Waals surface area contributed by atoms with Gasteiger partial charge in [-0.3, -0.25) is 9.69 Å². The fraction of sp³-hybridized carbons (Fsp3) is 0.636. The Labute approximate surface area is 172 Å². The van der Waals surface area contributed by atoms with Gasteiger partial charge in [0.15, 0.2) is 0 Å². The number of aromatic nitrogens is 1. The van der Waals surface area contributed by atoms with E-state index in [2.05, 4.69) is 17.0 Å². The molecule has 7 nitrogen and oxygen atoms in total. The monoisotopic (exact) mass is 395 g/mol. The number of hydrogen-bond donors (Lipinski definition) is 1. The van der Waals surface area contributed by atoms with Crippen molar-refractivity contribution in [3.63, 3.8) is 0 Å². The summed E-state index contributed by atoms with van der Waals surface area (Å²) in [5.74, 6) is -0.161. The Balaban J connectivity index is 1.86. The molecular formula is C22H29N5O2. The molecule has 0 atom stereocenters. The van der Waals surface area contributed by atoms with Crippen LogP contribution in [0.15, 0.2) is 0 Å². The highest BCUT2D eigenvalue weighted by atomic mass is 16.4. The van der Waals surface area contributed by atoms with Gasteiger partial charge in [0.1, 0.15) is 23.5 Å². The average molecular weight is 396 g/mol. The number of likely N-dealkylation sites (N-methyl/N-ethyl adjacent to an activating group) is 1. The molecule has 1 aliphatic carbocycles. The summed E-state index contributed by atoms with van der Waals surface area (Å²) in [5, 5.41) is 28.8. The largest absolute Gasteiger partial charge is 0.480 e. The number of pyridine rings is 1. The Morgan fingerprint density at radius 3 is 2.38 bits per heavy atom. The van der Waals surface area contributed by atoms with Gasteiger partial charge in [0.2, 0.25) is 0 Å². The van der Waals surface area contributed by atoms with Crippen molar-refractivity contribution in [3.8, 4) is 12.1 Å². The molecule has 154 valence electrons. The highest BCUT2D eigenvalue weighted by molar-refractivity contribution is 5.69. The maximum atomic E-state index is 11.1. The number of rotatable bonds is 5. The van der Waals surface area contributed by atoms with Crippen molar-refractivity contribution in [2.45, 2.75) is 64.3 Å². The molecule has 2 aliphatic rings. The van der Waals surface area contributed by atoms with Crippen LogP contribution in [-0.4, -0.2) is 53.2 Å². The number of aryl methyl sites for hydroxylation is 1. The van der Waals surface area contributed by atoms with Crippen molar-refractivity contribution in [1.29, 1.82) is 10.5 Å². The van der Waals surface area contributed by atoms with Gasteiger partial charge in [0, 0.05) is 24.8 Å². The van der Waals surface area contributed by atoms with Gasteiger partial charge in [-0.2, -0.15) is 10.5 Å². The summed E-state index contributed by atoms with van der Waals surface area (Å²) >= 11 is 0. The Hall–Kier alpha value is -2.64. The highest BCUT2D eigenvalue weighted by Crippen LogP contribution is 2.31. The predicted molar refractivity (Wildman–Crippen MR) is 110 cm³/mol. The predicted octanol–water partition coefficient (Wildman–Crippen LogP) is 2.86. The van der Waals surface area contributed by atoms with E-state index in [1.165, 1.54) is 6.42 Å². The molecule has 29 heavy (non-hydrogen) atoms. The lowest BCUT2D eigenvalue weighted by atomic mass is 9.91. The minimum Gasteiger partial charge on any atom is -0.480 e. The lowest BCUT2D eigenvalue weighted by Gasteiger charge is -2.38. The average Bonchev–Trinajstić information content (AvgIpc) is 2.71. The van der Waals surface area contributed by atoms with Gasteiger partial charge in [-0.25, -0.2) is 4.98 Å². The van der Waals surface area contributed by atoms with E-state index < -0.39 is 5.97 Å². The van der Waals surface area contributed by atoms with E-state index in [0.717, 1.165) is 56.2 Å². The van der Waals surface area contributed by atoms with Gasteiger partial charge in [-0.1, -0.05) is 19.8 Å². The van der Waals surface area contributed by atoms with Crippen molar-refractivity contribution >= 4 is 11.8 Å². The van der Waals surface area contributed by atoms with Crippen LogP contribution in [0.4, 0.5) is 5.82 Å². The summed E-state index contributed by atoms with van der Waals surface area (Å²) in [7, 11) is 0. The number of carboxylic acids is 1. The van der Waals surface area contributed by atoms with Crippen LogP contribution in [-0.2, 0) is 17.6 Å². The zero-order valence-electron chi connectivity index (χ0n) is 17.2. The number of aliphatic carboxylic acids is 1. The Kier molecular flexibility index (Phi) is 7.06. The van der Waals surface area contributed by atoms with Crippen LogP contribution < -0.4 is 4.90 Å². The van der Waals surface area contributed by atoms with E-state index in [1.807, 2.05) is 11.8 Å². The van der Waals surface area contributed by atoms with E-state index in [4.69, 9.17) is 10.1 Å². The summed E-state index contributed by atoms with van der Waals surface area (Å²) in [6.45, 7) is 4.17.